The molecule has 1 nitrogen and oxygen atoms in total. The maximum atomic E-state index is 3.51. The fourth-order valence-electron chi connectivity index (χ4n) is 2.83. The predicted molar refractivity (Wildman–Crippen MR) is 81.3 cm³/mol. The SMILES string of the molecule is CNC1CCC(C)(C)CC1Sc1ccccc1C. The molecule has 0 saturated heterocycles. The van der Waals surface area contributed by atoms with Crippen LogP contribution in [-0.2, 0) is 0 Å². The van der Waals surface area contributed by atoms with Crippen molar-refractivity contribution in [1.82, 2.24) is 5.32 Å². The average molecular weight is 263 g/mol. The van der Waals surface area contributed by atoms with E-state index < -0.39 is 0 Å². The van der Waals surface area contributed by atoms with Gasteiger partial charge in [-0.25, -0.2) is 0 Å². The third-order valence-electron chi connectivity index (χ3n) is 4.08. The first kappa shape index (κ1) is 14.0. The number of hydrogen-bond donors (Lipinski definition) is 1. The van der Waals surface area contributed by atoms with E-state index in [1.807, 2.05) is 0 Å². The number of rotatable bonds is 3. The van der Waals surface area contributed by atoms with Gasteiger partial charge in [-0.2, -0.15) is 0 Å². The Kier molecular flexibility index (Phi) is 4.39. The van der Waals surface area contributed by atoms with Crippen molar-refractivity contribution in [2.75, 3.05) is 7.05 Å². The summed E-state index contributed by atoms with van der Waals surface area (Å²) in [5, 5.41) is 4.20. The summed E-state index contributed by atoms with van der Waals surface area (Å²) < 4.78 is 0. The molecule has 0 aromatic heterocycles. The molecule has 1 aliphatic carbocycles. The van der Waals surface area contributed by atoms with Crippen molar-refractivity contribution < 1.29 is 0 Å². The van der Waals surface area contributed by atoms with Gasteiger partial charge in [0.25, 0.3) is 0 Å². The van der Waals surface area contributed by atoms with Crippen molar-refractivity contribution in [2.45, 2.75) is 56.2 Å². The van der Waals surface area contributed by atoms with E-state index in [0.717, 1.165) is 0 Å². The molecule has 2 heteroatoms. The van der Waals surface area contributed by atoms with E-state index >= 15 is 0 Å². The zero-order valence-electron chi connectivity index (χ0n) is 12.0. The first-order valence-electron chi connectivity index (χ1n) is 6.91. The van der Waals surface area contributed by atoms with Crippen LogP contribution in [0.25, 0.3) is 0 Å². The lowest BCUT2D eigenvalue weighted by Crippen LogP contribution is -2.43. The second kappa shape index (κ2) is 5.66. The Hall–Kier alpha value is -0.470. The van der Waals surface area contributed by atoms with E-state index in [2.05, 4.69) is 69.2 Å². The van der Waals surface area contributed by atoms with Gasteiger partial charge in [-0.1, -0.05) is 32.0 Å². The van der Waals surface area contributed by atoms with Crippen LogP contribution in [0.3, 0.4) is 0 Å². The maximum absolute atomic E-state index is 3.51. The van der Waals surface area contributed by atoms with Gasteiger partial charge in [0, 0.05) is 16.2 Å². The number of benzene rings is 1. The summed E-state index contributed by atoms with van der Waals surface area (Å²) in [6.07, 6.45) is 3.94. The zero-order chi connectivity index (χ0) is 13.2. The van der Waals surface area contributed by atoms with Gasteiger partial charge >= 0.3 is 0 Å². The van der Waals surface area contributed by atoms with Gasteiger partial charge in [-0.05, 0) is 50.3 Å². The quantitative estimate of drug-likeness (QED) is 0.875. The van der Waals surface area contributed by atoms with Gasteiger partial charge in [0.05, 0.1) is 0 Å². The maximum Gasteiger partial charge on any atom is 0.0253 e. The fourth-order valence-corrected chi connectivity index (χ4v) is 4.54. The number of hydrogen-bond acceptors (Lipinski definition) is 2. The van der Waals surface area contributed by atoms with Gasteiger partial charge < -0.3 is 5.32 Å². The minimum atomic E-state index is 0.494. The first-order chi connectivity index (χ1) is 8.52. The molecule has 2 unspecified atom stereocenters. The van der Waals surface area contributed by atoms with Crippen LogP contribution >= 0.6 is 11.8 Å². The second-order valence-electron chi connectivity index (χ2n) is 6.22. The molecule has 1 aromatic rings. The van der Waals surface area contributed by atoms with Crippen molar-refractivity contribution in [3.8, 4) is 0 Å². The molecule has 1 N–H and O–H groups in total. The van der Waals surface area contributed by atoms with Crippen LogP contribution in [0.1, 0.15) is 38.7 Å². The van der Waals surface area contributed by atoms with Gasteiger partial charge in [0.1, 0.15) is 0 Å². The molecule has 0 bridgehead atoms. The molecule has 1 aliphatic rings. The Balaban J connectivity index is 2.12. The van der Waals surface area contributed by atoms with E-state index in [9.17, 15) is 0 Å². The number of thioether (sulfide) groups is 1. The fraction of sp³-hybridized carbons (Fsp3) is 0.625. The van der Waals surface area contributed by atoms with E-state index in [1.54, 1.807) is 0 Å². The molecule has 0 spiro atoms. The molecule has 0 aliphatic heterocycles. The smallest absolute Gasteiger partial charge is 0.0253 e. The highest BCUT2D eigenvalue weighted by Crippen LogP contribution is 2.43. The van der Waals surface area contributed by atoms with Crippen LogP contribution in [0.2, 0.25) is 0 Å². The molecule has 0 heterocycles. The largest absolute Gasteiger partial charge is 0.316 e. The Morgan fingerprint density at radius 3 is 2.67 bits per heavy atom. The summed E-state index contributed by atoms with van der Waals surface area (Å²) in [6, 6.07) is 9.40. The Bertz CT molecular complexity index is 400. The van der Waals surface area contributed by atoms with Gasteiger partial charge in [-0.3, -0.25) is 0 Å². The van der Waals surface area contributed by atoms with Crippen LogP contribution in [0.4, 0.5) is 0 Å². The van der Waals surface area contributed by atoms with Gasteiger partial charge in [0.15, 0.2) is 0 Å². The zero-order valence-corrected chi connectivity index (χ0v) is 12.8. The Labute approximate surface area is 116 Å². The highest BCUT2D eigenvalue weighted by atomic mass is 32.2. The lowest BCUT2D eigenvalue weighted by atomic mass is 9.75. The summed E-state index contributed by atoms with van der Waals surface area (Å²) in [7, 11) is 2.11. The summed E-state index contributed by atoms with van der Waals surface area (Å²) in [4.78, 5) is 1.44. The molecule has 18 heavy (non-hydrogen) atoms. The summed E-state index contributed by atoms with van der Waals surface area (Å²) in [5.41, 5.74) is 1.90. The minimum Gasteiger partial charge on any atom is -0.316 e. The number of nitrogens with one attached hydrogen (secondary N) is 1. The van der Waals surface area contributed by atoms with Crippen molar-refractivity contribution in [3.05, 3.63) is 29.8 Å². The van der Waals surface area contributed by atoms with Crippen LogP contribution < -0.4 is 5.32 Å². The summed E-state index contributed by atoms with van der Waals surface area (Å²) in [5.74, 6) is 0. The summed E-state index contributed by atoms with van der Waals surface area (Å²) >= 11 is 2.06. The van der Waals surface area contributed by atoms with Crippen molar-refractivity contribution >= 4 is 11.8 Å². The lowest BCUT2D eigenvalue weighted by molar-refractivity contribution is 0.218. The normalized spacial score (nSPS) is 27.1. The standard InChI is InChI=1S/C16H25NS/c1-12-7-5-6-8-14(12)18-15-11-16(2,3)10-9-13(15)17-4/h5-8,13,15,17H,9-11H2,1-4H3. The predicted octanol–water partition coefficient (Wildman–Crippen LogP) is 4.25. The van der Waals surface area contributed by atoms with E-state index in [-0.39, 0.29) is 0 Å². The molecular weight excluding hydrogens is 238 g/mol. The van der Waals surface area contributed by atoms with Gasteiger partial charge in [-0.15, -0.1) is 11.8 Å². The Morgan fingerprint density at radius 1 is 1.28 bits per heavy atom. The molecule has 2 rings (SSSR count). The molecular formula is C16H25NS. The van der Waals surface area contributed by atoms with Gasteiger partial charge in [0.2, 0.25) is 0 Å². The molecule has 2 atom stereocenters. The van der Waals surface area contributed by atoms with Crippen LogP contribution in [0.15, 0.2) is 29.2 Å². The van der Waals surface area contributed by atoms with Crippen molar-refractivity contribution in [3.63, 3.8) is 0 Å². The molecule has 0 radical (unpaired) electrons. The molecule has 100 valence electrons. The van der Waals surface area contributed by atoms with Crippen molar-refractivity contribution in [1.29, 1.82) is 0 Å². The highest BCUT2D eigenvalue weighted by Gasteiger charge is 2.34. The van der Waals surface area contributed by atoms with Crippen LogP contribution in [0, 0.1) is 12.3 Å². The average Bonchev–Trinajstić information content (AvgIpc) is 2.31. The lowest BCUT2D eigenvalue weighted by Gasteiger charge is -2.40. The molecule has 1 saturated carbocycles. The van der Waals surface area contributed by atoms with E-state index in [0.29, 0.717) is 16.7 Å². The van der Waals surface area contributed by atoms with Crippen LogP contribution in [-0.4, -0.2) is 18.3 Å². The monoisotopic (exact) mass is 263 g/mol. The van der Waals surface area contributed by atoms with Crippen LogP contribution in [0.5, 0.6) is 0 Å². The first-order valence-corrected chi connectivity index (χ1v) is 7.79. The number of aryl methyl sites for hydroxylation is 1. The third kappa shape index (κ3) is 3.30. The Morgan fingerprint density at radius 2 is 2.00 bits per heavy atom. The second-order valence-corrected chi connectivity index (χ2v) is 7.51. The molecule has 0 amide bonds. The highest BCUT2D eigenvalue weighted by molar-refractivity contribution is 8.00. The minimum absolute atomic E-state index is 0.494. The molecule has 1 aromatic carbocycles. The van der Waals surface area contributed by atoms with E-state index in [4.69, 9.17) is 0 Å². The topological polar surface area (TPSA) is 12.0 Å². The van der Waals surface area contributed by atoms with Crippen molar-refractivity contribution in [2.24, 2.45) is 5.41 Å². The third-order valence-corrected chi connectivity index (χ3v) is 5.59. The van der Waals surface area contributed by atoms with E-state index in [1.165, 1.54) is 29.7 Å². The summed E-state index contributed by atoms with van der Waals surface area (Å²) in [6.45, 7) is 7.03. The molecule has 1 fully saturated rings.